The van der Waals surface area contributed by atoms with E-state index in [4.69, 9.17) is 15.2 Å². The zero-order valence-electron chi connectivity index (χ0n) is 20.0. The van der Waals surface area contributed by atoms with Crippen LogP contribution in [0.3, 0.4) is 0 Å². The number of hydrogen-bond acceptors (Lipinski definition) is 12. The lowest BCUT2D eigenvalue weighted by Gasteiger charge is -2.39. The average molecular weight is 502 g/mol. The van der Waals surface area contributed by atoms with Crippen molar-refractivity contribution < 1.29 is 14.7 Å². The summed E-state index contributed by atoms with van der Waals surface area (Å²) in [6, 6.07) is 7.35. The number of pyridine rings is 2. The predicted molar refractivity (Wildman–Crippen MR) is 134 cm³/mol. The zero-order valence-corrected chi connectivity index (χ0v) is 20.0. The van der Waals surface area contributed by atoms with E-state index in [0.29, 0.717) is 24.8 Å². The van der Waals surface area contributed by atoms with E-state index in [1.165, 1.54) is 0 Å². The Balaban J connectivity index is 1.21. The van der Waals surface area contributed by atoms with Crippen LogP contribution in [0.4, 0.5) is 11.8 Å². The Labute approximate surface area is 212 Å². The Morgan fingerprint density at radius 2 is 1.81 bits per heavy atom. The van der Waals surface area contributed by atoms with E-state index in [-0.39, 0.29) is 11.4 Å². The normalized spacial score (nSPS) is 19.1. The quantitative estimate of drug-likeness (QED) is 0.278. The van der Waals surface area contributed by atoms with Crippen LogP contribution in [0.5, 0.6) is 0 Å². The maximum atomic E-state index is 9.49. The molecule has 4 aromatic rings. The Morgan fingerprint density at radius 1 is 1.00 bits per heavy atom. The minimum Gasteiger partial charge on any atom is -0.368 e. The van der Waals surface area contributed by atoms with E-state index in [1.807, 2.05) is 35.4 Å². The lowest BCUT2D eigenvalue weighted by Crippen LogP contribution is -2.55. The van der Waals surface area contributed by atoms with Gasteiger partial charge in [0.05, 0.1) is 22.7 Å². The van der Waals surface area contributed by atoms with Gasteiger partial charge in [0.15, 0.2) is 12.1 Å². The summed E-state index contributed by atoms with van der Waals surface area (Å²) in [4.78, 5) is 24.0. The third kappa shape index (κ3) is 4.39. The number of anilines is 2. The summed E-state index contributed by atoms with van der Waals surface area (Å²) < 4.78 is 5.65. The number of piperazine rings is 1. The number of rotatable bonds is 6. The first kappa shape index (κ1) is 23.4. The molecule has 37 heavy (non-hydrogen) atoms. The van der Waals surface area contributed by atoms with Crippen molar-refractivity contribution in [3.63, 3.8) is 0 Å². The summed E-state index contributed by atoms with van der Waals surface area (Å²) in [6.07, 6.45) is 8.36. The number of nitrogens with one attached hydrogen (secondary N) is 1. The van der Waals surface area contributed by atoms with Gasteiger partial charge in [-0.2, -0.15) is 4.98 Å². The summed E-state index contributed by atoms with van der Waals surface area (Å²) in [7, 11) is 0. The molecule has 12 heteroatoms. The van der Waals surface area contributed by atoms with Gasteiger partial charge in [0.1, 0.15) is 5.82 Å². The van der Waals surface area contributed by atoms with Crippen LogP contribution < -0.4 is 16.0 Å². The molecule has 0 bridgehead atoms. The number of aromatic nitrogens is 6. The van der Waals surface area contributed by atoms with E-state index in [1.54, 1.807) is 18.6 Å². The number of nitrogens with two attached hydrogens (primary N) is 1. The fourth-order valence-electron chi connectivity index (χ4n) is 4.91. The van der Waals surface area contributed by atoms with Crippen LogP contribution >= 0.6 is 0 Å². The Morgan fingerprint density at radius 3 is 2.46 bits per heavy atom. The van der Waals surface area contributed by atoms with Crippen LogP contribution in [0.15, 0.2) is 53.6 Å². The summed E-state index contributed by atoms with van der Waals surface area (Å²) in [6.45, 7) is 1.82. The van der Waals surface area contributed by atoms with E-state index in [2.05, 4.69) is 30.4 Å². The van der Waals surface area contributed by atoms with Crippen molar-refractivity contribution in [1.82, 2.24) is 35.4 Å². The molecule has 0 aromatic carbocycles. The van der Waals surface area contributed by atoms with Crippen LogP contribution in [0.2, 0.25) is 0 Å². The molecule has 0 amide bonds. The number of hydrogen-bond donors (Lipinski definition) is 4. The molecule has 6 rings (SSSR count). The molecule has 5 heterocycles. The zero-order chi connectivity index (χ0) is 25.4. The van der Waals surface area contributed by atoms with Crippen LogP contribution in [0, 0.1) is 0 Å². The smallest absolute Gasteiger partial charge is 0.259 e. The van der Waals surface area contributed by atoms with Crippen molar-refractivity contribution in [1.29, 1.82) is 0 Å². The lowest BCUT2D eigenvalue weighted by atomic mass is 9.64. The number of nitrogens with zero attached hydrogens (tertiary/aromatic N) is 7. The number of aliphatic hydroxyl groups is 2. The van der Waals surface area contributed by atoms with Gasteiger partial charge in [0.25, 0.3) is 5.89 Å². The highest BCUT2D eigenvalue weighted by Gasteiger charge is 2.45. The van der Waals surface area contributed by atoms with Gasteiger partial charge in [-0.3, -0.25) is 4.98 Å². The van der Waals surface area contributed by atoms with Crippen molar-refractivity contribution in [2.75, 3.05) is 30.3 Å². The number of aliphatic hydroxyl groups excluding tert-OH is 1. The van der Waals surface area contributed by atoms with Gasteiger partial charge in [-0.15, -0.1) is 0 Å². The SMILES string of the molecule is Nc1ncc(-c2ccc(C3(c4noc(-c5ccc(N6CCN[C@H](C(O)O)C6)nc5)n4)CCC3)cn2)cn1. The van der Waals surface area contributed by atoms with Gasteiger partial charge in [0, 0.05) is 50.0 Å². The molecular weight excluding hydrogens is 474 g/mol. The molecule has 4 aromatic heterocycles. The van der Waals surface area contributed by atoms with Crippen molar-refractivity contribution in [3.05, 3.63) is 60.4 Å². The first-order valence-corrected chi connectivity index (χ1v) is 12.2. The molecule has 2 aliphatic rings. The molecule has 12 nitrogen and oxygen atoms in total. The van der Waals surface area contributed by atoms with Crippen molar-refractivity contribution >= 4 is 11.8 Å². The summed E-state index contributed by atoms with van der Waals surface area (Å²) in [5.41, 5.74) is 8.58. The van der Waals surface area contributed by atoms with Crippen molar-refractivity contribution in [3.8, 4) is 22.7 Å². The minimum absolute atomic E-state index is 0.227. The van der Waals surface area contributed by atoms with Crippen LogP contribution in [0.25, 0.3) is 22.7 Å². The Bertz CT molecular complexity index is 1350. The predicted octanol–water partition coefficient (Wildman–Crippen LogP) is 1.12. The standard InChI is InChI=1S/C25H27N9O3/c26-24-30-11-16(12-31-24)18-4-3-17(13-28-18)25(6-1-7-25)23-32-21(37-33-23)15-2-5-20(29-10-15)34-9-8-27-19(14-34)22(35)36/h2-5,10-13,19,22,27,35-36H,1,6-9,14H2,(H2,26,30,31)/t19-/m0/s1. The molecule has 0 unspecified atom stereocenters. The van der Waals surface area contributed by atoms with E-state index < -0.39 is 12.3 Å². The van der Waals surface area contributed by atoms with Crippen molar-refractivity contribution in [2.24, 2.45) is 0 Å². The van der Waals surface area contributed by atoms with Gasteiger partial charge in [-0.05, 0) is 36.6 Å². The first-order valence-electron chi connectivity index (χ1n) is 12.2. The highest BCUT2D eigenvalue weighted by Crippen LogP contribution is 2.48. The molecule has 5 N–H and O–H groups in total. The summed E-state index contributed by atoms with van der Waals surface area (Å²) in [5, 5.41) is 26.4. The van der Waals surface area contributed by atoms with E-state index >= 15 is 0 Å². The molecule has 1 saturated carbocycles. The summed E-state index contributed by atoms with van der Waals surface area (Å²) >= 11 is 0. The molecule has 0 spiro atoms. The second kappa shape index (κ2) is 9.47. The van der Waals surface area contributed by atoms with Gasteiger partial charge >= 0.3 is 0 Å². The van der Waals surface area contributed by atoms with Crippen molar-refractivity contribution in [2.45, 2.75) is 37.0 Å². The molecule has 2 fully saturated rings. The molecule has 1 aliphatic carbocycles. The molecular formula is C25H27N9O3. The van der Waals surface area contributed by atoms with Gasteiger partial charge in [-0.25, -0.2) is 15.0 Å². The lowest BCUT2D eigenvalue weighted by molar-refractivity contribution is -0.0669. The third-order valence-electron chi connectivity index (χ3n) is 7.23. The molecule has 1 atom stereocenters. The topological polar surface area (TPSA) is 172 Å². The number of nitrogen functional groups attached to an aromatic ring is 1. The van der Waals surface area contributed by atoms with Crippen LogP contribution in [-0.4, -0.2) is 72.3 Å². The molecule has 1 saturated heterocycles. The second-order valence-electron chi connectivity index (χ2n) is 9.45. The maximum Gasteiger partial charge on any atom is 0.259 e. The third-order valence-corrected chi connectivity index (χ3v) is 7.23. The van der Waals surface area contributed by atoms with Crippen LogP contribution in [0.1, 0.15) is 30.7 Å². The van der Waals surface area contributed by atoms with E-state index in [9.17, 15) is 10.2 Å². The molecule has 0 radical (unpaired) electrons. The average Bonchev–Trinajstić information content (AvgIpc) is 3.39. The Hall–Kier alpha value is -4.00. The monoisotopic (exact) mass is 501 g/mol. The first-order chi connectivity index (χ1) is 18.0. The largest absolute Gasteiger partial charge is 0.368 e. The Kier molecular flexibility index (Phi) is 5.99. The maximum absolute atomic E-state index is 9.49. The summed E-state index contributed by atoms with van der Waals surface area (Å²) in [5.74, 6) is 2.03. The molecule has 1 aliphatic heterocycles. The fraction of sp³-hybridized carbons (Fsp3) is 0.360. The van der Waals surface area contributed by atoms with Gasteiger partial charge in [0.2, 0.25) is 5.95 Å². The molecule has 190 valence electrons. The fourth-order valence-corrected chi connectivity index (χ4v) is 4.91. The second-order valence-corrected chi connectivity index (χ2v) is 9.45. The van der Waals surface area contributed by atoms with Crippen LogP contribution in [-0.2, 0) is 5.41 Å². The highest BCUT2D eigenvalue weighted by atomic mass is 16.5. The van der Waals surface area contributed by atoms with Gasteiger partial charge in [-0.1, -0.05) is 17.6 Å². The van der Waals surface area contributed by atoms with Gasteiger partial charge < -0.3 is 30.7 Å². The van der Waals surface area contributed by atoms with E-state index in [0.717, 1.165) is 54.0 Å². The highest BCUT2D eigenvalue weighted by molar-refractivity contribution is 5.58. The minimum atomic E-state index is -1.42.